The maximum absolute atomic E-state index is 12.6. The van der Waals surface area contributed by atoms with Crippen LogP contribution in [0.2, 0.25) is 0 Å². The number of carbonyl (C=O) groups excluding carboxylic acids is 1. The normalized spacial score (nSPS) is 10.8. The smallest absolute Gasteiger partial charge is 0.308 e. The Hall–Kier alpha value is -3.12. The van der Waals surface area contributed by atoms with Crippen molar-refractivity contribution < 1.29 is 4.79 Å². The van der Waals surface area contributed by atoms with Crippen molar-refractivity contribution in [2.75, 3.05) is 10.6 Å². The largest absolute Gasteiger partial charge is 0.324 e. The number of urea groups is 1. The Morgan fingerprint density at radius 3 is 2.73 bits per heavy atom. The van der Waals surface area contributed by atoms with E-state index in [1.807, 2.05) is 77.7 Å². The minimum Gasteiger partial charge on any atom is -0.308 e. The Kier molecular flexibility index (Phi) is 4.18. The standard InChI is InChI=1S/C20H18N4OS/c1-13-6-7-16(11-14(13)2)21-20(25)23-19-18(15-8-10-26-12-15)22-17-5-3-4-9-24(17)19/h3-12H,1-2H3,(H2,21,23,25). The van der Waals surface area contributed by atoms with Gasteiger partial charge in [-0.3, -0.25) is 9.72 Å². The van der Waals surface area contributed by atoms with Crippen LogP contribution in [0.5, 0.6) is 0 Å². The van der Waals surface area contributed by atoms with Crippen molar-refractivity contribution in [3.63, 3.8) is 0 Å². The molecule has 0 spiro atoms. The number of hydrogen-bond acceptors (Lipinski definition) is 3. The number of rotatable bonds is 3. The van der Waals surface area contributed by atoms with E-state index in [1.165, 1.54) is 5.56 Å². The number of benzene rings is 1. The van der Waals surface area contributed by atoms with Gasteiger partial charge >= 0.3 is 6.03 Å². The minimum atomic E-state index is -0.296. The first-order chi connectivity index (χ1) is 12.6. The van der Waals surface area contributed by atoms with E-state index in [2.05, 4.69) is 15.6 Å². The molecule has 6 heteroatoms. The van der Waals surface area contributed by atoms with Gasteiger partial charge in [0.1, 0.15) is 17.2 Å². The zero-order chi connectivity index (χ0) is 18.1. The third-order valence-corrected chi connectivity index (χ3v) is 5.00. The van der Waals surface area contributed by atoms with Crippen molar-refractivity contribution in [3.05, 3.63) is 70.5 Å². The van der Waals surface area contributed by atoms with E-state index in [9.17, 15) is 4.79 Å². The molecule has 2 amide bonds. The van der Waals surface area contributed by atoms with Crippen LogP contribution >= 0.6 is 11.3 Å². The van der Waals surface area contributed by atoms with Crippen LogP contribution in [0, 0.1) is 13.8 Å². The molecule has 26 heavy (non-hydrogen) atoms. The van der Waals surface area contributed by atoms with E-state index < -0.39 is 0 Å². The van der Waals surface area contributed by atoms with Crippen LogP contribution in [-0.2, 0) is 0 Å². The molecule has 1 aromatic carbocycles. The van der Waals surface area contributed by atoms with E-state index in [-0.39, 0.29) is 6.03 Å². The third-order valence-electron chi connectivity index (χ3n) is 4.32. The summed E-state index contributed by atoms with van der Waals surface area (Å²) in [5.74, 6) is 0.653. The maximum atomic E-state index is 12.6. The van der Waals surface area contributed by atoms with Crippen molar-refractivity contribution in [1.82, 2.24) is 9.38 Å². The van der Waals surface area contributed by atoms with Crippen molar-refractivity contribution in [2.45, 2.75) is 13.8 Å². The summed E-state index contributed by atoms with van der Waals surface area (Å²) in [5.41, 5.74) is 5.62. The number of nitrogens with one attached hydrogen (secondary N) is 2. The van der Waals surface area contributed by atoms with Gasteiger partial charge in [0, 0.05) is 22.8 Å². The first-order valence-electron chi connectivity index (χ1n) is 8.27. The number of aromatic nitrogens is 2. The topological polar surface area (TPSA) is 58.4 Å². The second-order valence-electron chi connectivity index (χ2n) is 6.13. The quantitative estimate of drug-likeness (QED) is 0.518. The summed E-state index contributed by atoms with van der Waals surface area (Å²) in [4.78, 5) is 17.2. The fraction of sp³-hybridized carbons (Fsp3) is 0.100. The number of anilines is 2. The molecule has 0 saturated heterocycles. The highest BCUT2D eigenvalue weighted by Crippen LogP contribution is 2.30. The molecule has 0 atom stereocenters. The summed E-state index contributed by atoms with van der Waals surface area (Å²) in [6.45, 7) is 4.07. The molecule has 130 valence electrons. The van der Waals surface area contributed by atoms with Crippen LogP contribution in [0.1, 0.15) is 11.1 Å². The maximum Gasteiger partial charge on any atom is 0.324 e. The Labute approximate surface area is 155 Å². The molecule has 0 bridgehead atoms. The fourth-order valence-corrected chi connectivity index (χ4v) is 3.45. The monoisotopic (exact) mass is 362 g/mol. The second kappa shape index (κ2) is 6.65. The van der Waals surface area contributed by atoms with Crippen molar-refractivity contribution >= 4 is 34.5 Å². The molecule has 5 nitrogen and oxygen atoms in total. The van der Waals surface area contributed by atoms with Gasteiger partial charge in [-0.15, -0.1) is 0 Å². The molecule has 3 heterocycles. The summed E-state index contributed by atoms with van der Waals surface area (Å²) in [7, 11) is 0. The van der Waals surface area contributed by atoms with Crippen LogP contribution in [0.15, 0.2) is 59.4 Å². The van der Waals surface area contributed by atoms with Crippen molar-refractivity contribution in [2.24, 2.45) is 0 Å². The molecule has 0 saturated carbocycles. The summed E-state index contributed by atoms with van der Waals surface area (Å²) in [6, 6.07) is 13.3. The number of pyridine rings is 1. The lowest BCUT2D eigenvalue weighted by atomic mass is 10.1. The lowest BCUT2D eigenvalue weighted by Crippen LogP contribution is -2.20. The number of nitrogens with zero attached hydrogens (tertiary/aromatic N) is 2. The summed E-state index contributed by atoms with van der Waals surface area (Å²) < 4.78 is 1.88. The summed E-state index contributed by atoms with van der Waals surface area (Å²) in [5, 5.41) is 9.88. The van der Waals surface area contributed by atoms with E-state index in [0.29, 0.717) is 5.82 Å². The predicted molar refractivity (Wildman–Crippen MR) is 107 cm³/mol. The Morgan fingerprint density at radius 2 is 1.96 bits per heavy atom. The van der Waals surface area contributed by atoms with Gasteiger partial charge in [-0.1, -0.05) is 12.1 Å². The van der Waals surface area contributed by atoms with Gasteiger partial charge in [-0.05, 0) is 60.7 Å². The highest BCUT2D eigenvalue weighted by molar-refractivity contribution is 7.08. The van der Waals surface area contributed by atoms with Crippen LogP contribution in [0.3, 0.4) is 0 Å². The average molecular weight is 362 g/mol. The zero-order valence-corrected chi connectivity index (χ0v) is 15.3. The van der Waals surface area contributed by atoms with Gasteiger partial charge in [-0.25, -0.2) is 9.78 Å². The Bertz CT molecular complexity index is 1080. The highest BCUT2D eigenvalue weighted by atomic mass is 32.1. The summed E-state index contributed by atoms with van der Waals surface area (Å²) >= 11 is 1.60. The molecule has 3 aromatic heterocycles. The predicted octanol–water partition coefficient (Wildman–Crippen LogP) is 5.32. The molecule has 0 aliphatic carbocycles. The molecular weight excluding hydrogens is 344 g/mol. The lowest BCUT2D eigenvalue weighted by Gasteiger charge is -2.10. The first kappa shape index (κ1) is 16.4. The number of thiophene rings is 1. The van der Waals surface area contributed by atoms with Crippen molar-refractivity contribution in [3.8, 4) is 11.3 Å². The Morgan fingerprint density at radius 1 is 1.08 bits per heavy atom. The van der Waals surface area contributed by atoms with Crippen LogP contribution in [0.25, 0.3) is 16.9 Å². The average Bonchev–Trinajstić information content (AvgIpc) is 3.26. The molecular formula is C20H18N4OS. The van der Waals surface area contributed by atoms with Gasteiger partial charge < -0.3 is 5.32 Å². The van der Waals surface area contributed by atoms with Gasteiger partial charge in [0.15, 0.2) is 0 Å². The van der Waals surface area contributed by atoms with Gasteiger partial charge in [0.05, 0.1) is 0 Å². The number of carbonyl (C=O) groups is 1. The van der Waals surface area contributed by atoms with Gasteiger partial charge in [0.2, 0.25) is 0 Å². The first-order valence-corrected chi connectivity index (χ1v) is 9.21. The summed E-state index contributed by atoms with van der Waals surface area (Å²) in [6.07, 6.45) is 1.89. The van der Waals surface area contributed by atoms with Crippen LogP contribution in [0.4, 0.5) is 16.3 Å². The molecule has 2 N–H and O–H groups in total. The van der Waals surface area contributed by atoms with Crippen molar-refractivity contribution in [1.29, 1.82) is 0 Å². The zero-order valence-electron chi connectivity index (χ0n) is 14.5. The lowest BCUT2D eigenvalue weighted by molar-refractivity contribution is 0.262. The number of aryl methyl sites for hydroxylation is 2. The molecule has 0 fully saturated rings. The van der Waals surface area contributed by atoms with E-state index in [4.69, 9.17) is 0 Å². The fourth-order valence-electron chi connectivity index (χ4n) is 2.80. The van der Waals surface area contributed by atoms with Gasteiger partial charge in [-0.2, -0.15) is 11.3 Å². The number of amides is 2. The second-order valence-corrected chi connectivity index (χ2v) is 6.91. The van der Waals surface area contributed by atoms with E-state index in [1.54, 1.807) is 11.3 Å². The Balaban J connectivity index is 1.66. The third kappa shape index (κ3) is 3.07. The van der Waals surface area contributed by atoms with E-state index >= 15 is 0 Å². The molecule has 0 radical (unpaired) electrons. The molecule has 0 aliphatic heterocycles. The number of fused-ring (bicyclic) bond motifs is 1. The van der Waals surface area contributed by atoms with Gasteiger partial charge in [0.25, 0.3) is 0 Å². The van der Waals surface area contributed by atoms with Crippen LogP contribution < -0.4 is 10.6 Å². The molecule has 0 unspecified atom stereocenters. The number of hydrogen-bond donors (Lipinski definition) is 2. The molecule has 4 rings (SSSR count). The van der Waals surface area contributed by atoms with Crippen LogP contribution in [-0.4, -0.2) is 15.4 Å². The highest BCUT2D eigenvalue weighted by Gasteiger charge is 2.16. The SMILES string of the molecule is Cc1ccc(NC(=O)Nc2c(-c3ccsc3)nc3ccccn23)cc1C. The number of imidazole rings is 1. The van der Waals surface area contributed by atoms with E-state index in [0.717, 1.165) is 28.2 Å². The minimum absolute atomic E-state index is 0.296. The molecule has 4 aromatic rings. The molecule has 0 aliphatic rings.